The summed E-state index contributed by atoms with van der Waals surface area (Å²) in [4.78, 5) is 10.8. The monoisotopic (exact) mass is 158 g/mol. The number of carbonyl (C=O) groups is 1. The van der Waals surface area contributed by atoms with Crippen LogP contribution in [0, 0.1) is 0 Å². The Morgan fingerprint density at radius 1 is 1.64 bits per heavy atom. The summed E-state index contributed by atoms with van der Waals surface area (Å²) in [5, 5.41) is 8.23. The summed E-state index contributed by atoms with van der Waals surface area (Å²) in [6.45, 7) is 4.99. The van der Waals surface area contributed by atoms with E-state index in [0.29, 0.717) is 12.0 Å². The predicted octanol–water partition coefficient (Wildman–Crippen LogP) is 1.23. The fourth-order valence-corrected chi connectivity index (χ4v) is 0.653. The molecule has 0 radical (unpaired) electrons. The summed E-state index contributed by atoms with van der Waals surface area (Å²) in [6.07, 6.45) is 2.60. The molecule has 0 saturated heterocycles. The van der Waals surface area contributed by atoms with Gasteiger partial charge in [0.25, 0.3) is 0 Å². The minimum atomic E-state index is -0.565. The largest absolute Gasteiger partial charge is 0.435 e. The molecular weight excluding hydrogens is 144 g/mol. The maximum Gasteiger partial charge on any atom is 0.335 e. The molecule has 0 aliphatic rings. The van der Waals surface area contributed by atoms with E-state index in [1.165, 1.54) is 0 Å². The van der Waals surface area contributed by atoms with E-state index in [-0.39, 0.29) is 0 Å². The van der Waals surface area contributed by atoms with Crippen molar-refractivity contribution in [2.45, 2.75) is 26.2 Å². The molecule has 0 aromatic rings. The van der Waals surface area contributed by atoms with Crippen LogP contribution in [0.5, 0.6) is 0 Å². The van der Waals surface area contributed by atoms with Gasteiger partial charge < -0.3 is 9.84 Å². The number of unbranched alkanes of at least 4 members (excludes halogenated alkanes) is 1. The van der Waals surface area contributed by atoms with Gasteiger partial charge in [0.05, 0.1) is 0 Å². The van der Waals surface area contributed by atoms with Crippen LogP contribution in [-0.4, -0.2) is 17.9 Å². The van der Waals surface area contributed by atoms with E-state index in [9.17, 15) is 4.79 Å². The van der Waals surface area contributed by atoms with Crippen molar-refractivity contribution in [3.05, 3.63) is 12.2 Å². The quantitative estimate of drug-likeness (QED) is 0.372. The zero-order valence-corrected chi connectivity index (χ0v) is 6.80. The van der Waals surface area contributed by atoms with Crippen molar-refractivity contribution in [2.75, 3.05) is 6.79 Å². The van der Waals surface area contributed by atoms with Gasteiger partial charge >= 0.3 is 5.97 Å². The lowest BCUT2D eigenvalue weighted by atomic mass is 10.1. The van der Waals surface area contributed by atoms with E-state index in [1.807, 2.05) is 6.92 Å². The lowest BCUT2D eigenvalue weighted by molar-refractivity contribution is -0.147. The lowest BCUT2D eigenvalue weighted by Gasteiger charge is -2.02. The topological polar surface area (TPSA) is 46.5 Å². The van der Waals surface area contributed by atoms with Crippen molar-refractivity contribution in [2.24, 2.45) is 0 Å². The summed E-state index contributed by atoms with van der Waals surface area (Å²) in [7, 11) is 0. The van der Waals surface area contributed by atoms with Gasteiger partial charge in [0.1, 0.15) is 0 Å². The summed E-state index contributed by atoms with van der Waals surface area (Å²) in [6, 6.07) is 0. The molecule has 0 aromatic heterocycles. The van der Waals surface area contributed by atoms with E-state index >= 15 is 0 Å². The van der Waals surface area contributed by atoms with Crippen LogP contribution >= 0.6 is 0 Å². The molecule has 0 aliphatic carbocycles. The standard InChI is InChI=1S/C8H14O3/c1-3-4-5-7(2)8(10)11-6-9/h9H,2-6H2,1H3. The maximum absolute atomic E-state index is 10.8. The smallest absolute Gasteiger partial charge is 0.335 e. The lowest BCUT2D eigenvalue weighted by Crippen LogP contribution is -2.07. The first-order valence-electron chi connectivity index (χ1n) is 3.68. The van der Waals surface area contributed by atoms with Gasteiger partial charge in [-0.2, -0.15) is 0 Å². The van der Waals surface area contributed by atoms with E-state index in [2.05, 4.69) is 11.3 Å². The number of aliphatic hydroxyl groups excluding tert-OH is 1. The van der Waals surface area contributed by atoms with Gasteiger partial charge in [-0.15, -0.1) is 0 Å². The Bertz CT molecular complexity index is 140. The van der Waals surface area contributed by atoms with Gasteiger partial charge in [-0.1, -0.05) is 19.9 Å². The first-order valence-corrected chi connectivity index (χ1v) is 3.68. The highest BCUT2D eigenvalue weighted by atomic mass is 16.6. The molecule has 0 aromatic carbocycles. The normalized spacial score (nSPS) is 9.27. The van der Waals surface area contributed by atoms with Crippen molar-refractivity contribution in [3.8, 4) is 0 Å². The number of ether oxygens (including phenoxy) is 1. The van der Waals surface area contributed by atoms with Crippen LogP contribution in [0.15, 0.2) is 12.2 Å². The van der Waals surface area contributed by atoms with Crippen LogP contribution in [0.2, 0.25) is 0 Å². The Morgan fingerprint density at radius 3 is 2.73 bits per heavy atom. The maximum atomic E-state index is 10.8. The summed E-state index contributed by atoms with van der Waals surface area (Å²) < 4.78 is 4.32. The second-order valence-corrected chi connectivity index (χ2v) is 2.27. The Hall–Kier alpha value is -0.830. The molecule has 0 heterocycles. The third-order valence-corrected chi connectivity index (χ3v) is 1.32. The second-order valence-electron chi connectivity index (χ2n) is 2.27. The van der Waals surface area contributed by atoms with Crippen LogP contribution < -0.4 is 0 Å². The zero-order chi connectivity index (χ0) is 8.69. The highest BCUT2D eigenvalue weighted by Crippen LogP contribution is 2.05. The van der Waals surface area contributed by atoms with Crippen LogP contribution in [0.1, 0.15) is 26.2 Å². The van der Waals surface area contributed by atoms with Crippen molar-refractivity contribution in [3.63, 3.8) is 0 Å². The Kier molecular flexibility index (Phi) is 5.47. The van der Waals surface area contributed by atoms with Gasteiger partial charge in [-0.05, 0) is 12.8 Å². The predicted molar refractivity (Wildman–Crippen MR) is 41.8 cm³/mol. The molecule has 0 saturated carbocycles. The third-order valence-electron chi connectivity index (χ3n) is 1.32. The molecule has 1 N–H and O–H groups in total. The van der Waals surface area contributed by atoms with Gasteiger partial charge in [-0.25, -0.2) is 4.79 Å². The molecule has 0 atom stereocenters. The van der Waals surface area contributed by atoms with Crippen molar-refractivity contribution >= 4 is 5.97 Å². The van der Waals surface area contributed by atoms with Gasteiger partial charge in [-0.3, -0.25) is 0 Å². The fraction of sp³-hybridized carbons (Fsp3) is 0.625. The van der Waals surface area contributed by atoms with Crippen LogP contribution in [0.25, 0.3) is 0 Å². The number of carbonyl (C=O) groups excluding carboxylic acids is 1. The zero-order valence-electron chi connectivity index (χ0n) is 6.80. The molecule has 0 unspecified atom stereocenters. The highest BCUT2D eigenvalue weighted by Gasteiger charge is 2.05. The molecule has 0 rings (SSSR count). The van der Waals surface area contributed by atoms with E-state index in [4.69, 9.17) is 5.11 Å². The highest BCUT2D eigenvalue weighted by molar-refractivity contribution is 5.87. The minimum absolute atomic E-state index is 0.431. The number of hydrogen-bond donors (Lipinski definition) is 1. The molecule has 64 valence electrons. The first-order chi connectivity index (χ1) is 5.22. The van der Waals surface area contributed by atoms with Crippen molar-refractivity contribution in [1.29, 1.82) is 0 Å². The van der Waals surface area contributed by atoms with E-state index in [0.717, 1.165) is 12.8 Å². The number of aliphatic hydroxyl groups is 1. The molecule has 11 heavy (non-hydrogen) atoms. The Balaban J connectivity index is 3.56. The Morgan fingerprint density at radius 2 is 2.27 bits per heavy atom. The SMILES string of the molecule is C=C(CCCC)C(=O)OCO. The molecule has 3 nitrogen and oxygen atoms in total. The average molecular weight is 158 g/mol. The van der Waals surface area contributed by atoms with E-state index in [1.54, 1.807) is 0 Å². The number of hydrogen-bond acceptors (Lipinski definition) is 3. The second kappa shape index (κ2) is 5.92. The third kappa shape index (κ3) is 4.56. The molecular formula is C8H14O3. The molecule has 0 amide bonds. The Labute approximate surface area is 66.7 Å². The average Bonchev–Trinajstić information content (AvgIpc) is 2.00. The van der Waals surface area contributed by atoms with Crippen molar-refractivity contribution in [1.82, 2.24) is 0 Å². The van der Waals surface area contributed by atoms with Gasteiger partial charge in [0.2, 0.25) is 0 Å². The molecule has 0 bridgehead atoms. The minimum Gasteiger partial charge on any atom is -0.435 e. The molecule has 0 fully saturated rings. The van der Waals surface area contributed by atoms with Crippen LogP contribution in [0.4, 0.5) is 0 Å². The van der Waals surface area contributed by atoms with Gasteiger partial charge in [0.15, 0.2) is 6.79 Å². The number of rotatable bonds is 5. The van der Waals surface area contributed by atoms with Crippen LogP contribution in [0.3, 0.4) is 0 Å². The van der Waals surface area contributed by atoms with E-state index < -0.39 is 12.8 Å². The first kappa shape index (κ1) is 10.2. The van der Waals surface area contributed by atoms with Gasteiger partial charge in [0, 0.05) is 5.57 Å². The summed E-state index contributed by atoms with van der Waals surface area (Å²) >= 11 is 0. The van der Waals surface area contributed by atoms with Crippen molar-refractivity contribution < 1.29 is 14.6 Å². The molecule has 3 heteroatoms. The summed E-state index contributed by atoms with van der Waals surface area (Å²) in [5.41, 5.74) is 0.431. The number of esters is 1. The molecule has 0 aliphatic heterocycles. The van der Waals surface area contributed by atoms with Crippen LogP contribution in [-0.2, 0) is 9.53 Å². The fourth-order valence-electron chi connectivity index (χ4n) is 0.653. The molecule has 0 spiro atoms. The summed E-state index contributed by atoms with van der Waals surface area (Å²) in [5.74, 6) is -0.499.